The van der Waals surface area contributed by atoms with Gasteiger partial charge in [0, 0.05) is 11.8 Å². The van der Waals surface area contributed by atoms with E-state index in [4.69, 9.17) is 5.73 Å². The van der Waals surface area contributed by atoms with Crippen LogP contribution in [-0.2, 0) is 4.79 Å². The Morgan fingerprint density at radius 3 is 2.29 bits per heavy atom. The molecule has 122 valence electrons. The molecule has 0 bridgehead atoms. The number of anilines is 2. The fourth-order valence-electron chi connectivity index (χ4n) is 1.78. The molecule has 2 aromatic carbocycles. The second kappa shape index (κ2) is 6.91. The Balaban J connectivity index is 2.44. The summed E-state index contributed by atoms with van der Waals surface area (Å²) in [4.78, 5) is 30.8. The van der Waals surface area contributed by atoms with Crippen LogP contribution in [0.2, 0.25) is 0 Å². The Morgan fingerprint density at radius 1 is 1.00 bits per heavy atom. The van der Waals surface area contributed by atoms with E-state index in [0.29, 0.717) is 12.1 Å². The topological polar surface area (TPSA) is 166 Å². The number of amides is 1. The normalized spacial score (nSPS) is 10.5. The number of nitrogens with zero attached hydrogens (tertiary/aromatic N) is 4. The third-order valence-electron chi connectivity index (χ3n) is 2.87. The van der Waals surface area contributed by atoms with Gasteiger partial charge in [-0.15, -0.1) is 10.2 Å². The minimum atomic E-state index is -0.797. The summed E-state index contributed by atoms with van der Waals surface area (Å²) in [6.45, 7) is 0. The largest absolute Gasteiger partial charge is 0.399 e. The Morgan fingerprint density at radius 2 is 1.67 bits per heavy atom. The van der Waals surface area contributed by atoms with Crippen LogP contribution in [-0.4, -0.2) is 16.3 Å². The number of carbonyl (C=O) groups excluding carboxylic acids is 1. The minimum Gasteiger partial charge on any atom is -0.399 e. The van der Waals surface area contributed by atoms with E-state index < -0.39 is 21.2 Å². The molecule has 0 heterocycles. The van der Waals surface area contributed by atoms with E-state index in [1.807, 2.05) is 0 Å². The van der Waals surface area contributed by atoms with Gasteiger partial charge in [-0.3, -0.25) is 25.0 Å². The lowest BCUT2D eigenvalue weighted by atomic mass is 10.2. The Kier molecular flexibility index (Phi) is 4.75. The molecule has 1 amide bonds. The molecule has 0 aliphatic heterocycles. The zero-order valence-corrected chi connectivity index (χ0v) is 11.9. The summed E-state index contributed by atoms with van der Waals surface area (Å²) in [5.41, 5.74) is 5.28. The van der Waals surface area contributed by atoms with E-state index >= 15 is 0 Å². The van der Waals surface area contributed by atoms with Gasteiger partial charge in [-0.1, -0.05) is 0 Å². The van der Waals surface area contributed by atoms with E-state index in [2.05, 4.69) is 15.5 Å². The smallest absolute Gasteiger partial charge is 0.303 e. The number of non-ortho nitro benzene ring substituents is 1. The van der Waals surface area contributed by atoms with Crippen LogP contribution in [0.15, 0.2) is 46.6 Å². The molecule has 0 radical (unpaired) electrons. The lowest BCUT2D eigenvalue weighted by Crippen LogP contribution is -1.95. The van der Waals surface area contributed by atoms with Gasteiger partial charge in [-0.05, 0) is 24.3 Å². The molecular weight excluding hydrogens is 320 g/mol. The first kappa shape index (κ1) is 16.5. The molecule has 3 N–H and O–H groups in total. The summed E-state index contributed by atoms with van der Waals surface area (Å²) in [7, 11) is 0. The molecule has 11 nitrogen and oxygen atoms in total. The van der Waals surface area contributed by atoms with Crippen molar-refractivity contribution < 1.29 is 14.6 Å². The van der Waals surface area contributed by atoms with Crippen molar-refractivity contribution >= 4 is 40.5 Å². The summed E-state index contributed by atoms with van der Waals surface area (Å²) >= 11 is 0. The number of azo groups is 1. The zero-order chi connectivity index (χ0) is 17.7. The first-order chi connectivity index (χ1) is 11.4. The third kappa shape index (κ3) is 3.65. The molecule has 11 heteroatoms. The number of nitro benzene ring substituents is 2. The van der Waals surface area contributed by atoms with Gasteiger partial charge in [0.15, 0.2) is 5.69 Å². The van der Waals surface area contributed by atoms with Crippen molar-refractivity contribution in [3.63, 3.8) is 0 Å². The highest BCUT2D eigenvalue weighted by atomic mass is 16.6. The molecular formula is C13H10N6O5. The van der Waals surface area contributed by atoms with Gasteiger partial charge < -0.3 is 11.1 Å². The molecule has 2 rings (SSSR count). The number of rotatable bonds is 6. The summed E-state index contributed by atoms with van der Waals surface area (Å²) in [6, 6.07) is 7.39. The van der Waals surface area contributed by atoms with E-state index in [9.17, 15) is 25.0 Å². The lowest BCUT2D eigenvalue weighted by molar-refractivity contribution is -0.393. The average molecular weight is 330 g/mol. The van der Waals surface area contributed by atoms with Crippen molar-refractivity contribution in [3.8, 4) is 0 Å². The van der Waals surface area contributed by atoms with Crippen LogP contribution in [0.5, 0.6) is 0 Å². The Hall–Kier alpha value is -3.89. The number of benzene rings is 2. The molecule has 0 aliphatic rings. The quantitative estimate of drug-likeness (QED) is 0.271. The molecule has 0 saturated carbocycles. The fraction of sp³-hybridized carbons (Fsp3) is 0. The van der Waals surface area contributed by atoms with Crippen LogP contribution >= 0.6 is 0 Å². The molecule has 0 saturated heterocycles. The first-order valence-corrected chi connectivity index (χ1v) is 6.36. The maximum atomic E-state index is 11.0. The molecule has 0 atom stereocenters. The Labute approximate surface area is 134 Å². The van der Waals surface area contributed by atoms with Gasteiger partial charge in [-0.25, -0.2) is 0 Å². The van der Waals surface area contributed by atoms with Crippen LogP contribution in [0.1, 0.15) is 0 Å². The van der Waals surface area contributed by atoms with Gasteiger partial charge in [0.2, 0.25) is 6.41 Å². The maximum Gasteiger partial charge on any atom is 0.303 e. The van der Waals surface area contributed by atoms with E-state index in [1.165, 1.54) is 18.2 Å². The second-order valence-corrected chi connectivity index (χ2v) is 4.43. The van der Waals surface area contributed by atoms with Crippen LogP contribution in [0, 0.1) is 20.2 Å². The van der Waals surface area contributed by atoms with Crippen molar-refractivity contribution in [2.24, 2.45) is 10.2 Å². The van der Waals surface area contributed by atoms with Crippen molar-refractivity contribution in [2.75, 3.05) is 11.1 Å². The SMILES string of the molecule is Nc1ccc(N=Nc2ccc([N+](=O)[O-])cc2[N+](=O)[O-])c(NC=O)c1. The van der Waals surface area contributed by atoms with Gasteiger partial charge in [0.05, 0.1) is 21.6 Å². The summed E-state index contributed by atoms with van der Waals surface area (Å²) in [5.74, 6) is 0. The fourth-order valence-corrected chi connectivity index (χ4v) is 1.78. The molecule has 0 fully saturated rings. The highest BCUT2D eigenvalue weighted by Crippen LogP contribution is 2.34. The maximum absolute atomic E-state index is 11.0. The van der Waals surface area contributed by atoms with Gasteiger partial charge in [0.25, 0.3) is 5.69 Å². The number of nitrogen functional groups attached to an aromatic ring is 1. The molecule has 0 aliphatic carbocycles. The average Bonchev–Trinajstić information content (AvgIpc) is 2.54. The van der Waals surface area contributed by atoms with Crippen LogP contribution in [0.3, 0.4) is 0 Å². The molecule has 0 spiro atoms. The van der Waals surface area contributed by atoms with Gasteiger partial charge in [0.1, 0.15) is 5.69 Å². The standard InChI is InChI=1S/C13H10N6O5/c14-8-1-3-10(12(5-8)15-7-20)16-17-11-4-2-9(18(21)22)6-13(11)19(23)24/h1-7H,14H2,(H,15,20). The number of carbonyl (C=O) groups is 1. The monoisotopic (exact) mass is 330 g/mol. The predicted molar refractivity (Wildman–Crippen MR) is 84.5 cm³/mol. The third-order valence-corrected chi connectivity index (χ3v) is 2.87. The second-order valence-electron chi connectivity index (χ2n) is 4.43. The summed E-state index contributed by atoms with van der Waals surface area (Å²) in [6.07, 6.45) is 0.419. The van der Waals surface area contributed by atoms with Crippen molar-refractivity contribution in [1.82, 2.24) is 0 Å². The first-order valence-electron chi connectivity index (χ1n) is 6.36. The van der Waals surface area contributed by atoms with Crippen molar-refractivity contribution in [1.29, 1.82) is 0 Å². The van der Waals surface area contributed by atoms with Crippen LogP contribution < -0.4 is 11.1 Å². The molecule has 0 unspecified atom stereocenters. The van der Waals surface area contributed by atoms with Crippen molar-refractivity contribution in [3.05, 3.63) is 56.6 Å². The van der Waals surface area contributed by atoms with E-state index in [-0.39, 0.29) is 17.1 Å². The minimum absolute atomic E-state index is 0.167. The van der Waals surface area contributed by atoms with Crippen LogP contribution in [0.4, 0.5) is 34.1 Å². The van der Waals surface area contributed by atoms with E-state index in [1.54, 1.807) is 0 Å². The zero-order valence-electron chi connectivity index (χ0n) is 11.9. The Bertz CT molecular complexity index is 851. The summed E-state index contributed by atoms with van der Waals surface area (Å²) in [5, 5.41) is 31.7. The number of nitrogens with one attached hydrogen (secondary N) is 1. The highest BCUT2D eigenvalue weighted by molar-refractivity contribution is 5.81. The van der Waals surface area contributed by atoms with E-state index in [0.717, 1.165) is 18.2 Å². The molecule has 24 heavy (non-hydrogen) atoms. The number of nitrogens with two attached hydrogens (primary N) is 1. The number of hydrogen-bond donors (Lipinski definition) is 2. The molecule has 0 aromatic heterocycles. The van der Waals surface area contributed by atoms with Crippen molar-refractivity contribution in [2.45, 2.75) is 0 Å². The molecule has 2 aromatic rings. The van der Waals surface area contributed by atoms with Gasteiger partial charge >= 0.3 is 5.69 Å². The number of hydrogen-bond acceptors (Lipinski definition) is 8. The summed E-state index contributed by atoms with van der Waals surface area (Å²) < 4.78 is 0. The van der Waals surface area contributed by atoms with Gasteiger partial charge in [-0.2, -0.15) is 0 Å². The predicted octanol–water partition coefficient (Wildman–Crippen LogP) is 3.07. The lowest BCUT2D eigenvalue weighted by Gasteiger charge is -2.04. The number of nitro groups is 2. The highest BCUT2D eigenvalue weighted by Gasteiger charge is 2.19. The van der Waals surface area contributed by atoms with Crippen LogP contribution in [0.25, 0.3) is 0 Å².